The zero-order valence-electron chi connectivity index (χ0n) is 8.95. The monoisotopic (exact) mass is 202 g/mol. The van der Waals surface area contributed by atoms with Crippen molar-refractivity contribution in [2.75, 3.05) is 0 Å². The third-order valence-electron chi connectivity index (χ3n) is 1.68. The molecule has 0 aliphatic heterocycles. The molecule has 0 spiro atoms. The predicted octanol–water partition coefficient (Wildman–Crippen LogP) is 1.83. The van der Waals surface area contributed by atoms with Crippen LogP contribution in [0.5, 0.6) is 0 Å². The van der Waals surface area contributed by atoms with Crippen molar-refractivity contribution in [1.82, 2.24) is 0 Å². The minimum atomic E-state index is -0.974. The van der Waals surface area contributed by atoms with Crippen LogP contribution < -0.4 is 0 Å². The molecule has 0 heterocycles. The first-order chi connectivity index (χ1) is 6.41. The van der Waals surface area contributed by atoms with Crippen LogP contribution in [0.4, 0.5) is 0 Å². The van der Waals surface area contributed by atoms with E-state index < -0.39 is 11.9 Å². The number of aliphatic carboxylic acids is 1. The Kier molecular flexibility index (Phi) is 5.92. The molecular weight excluding hydrogens is 184 g/mol. The van der Waals surface area contributed by atoms with Crippen LogP contribution in [0, 0.1) is 5.92 Å². The number of esters is 1. The second-order valence-electron chi connectivity index (χ2n) is 3.82. The van der Waals surface area contributed by atoms with Crippen molar-refractivity contribution >= 4 is 11.9 Å². The number of rotatable bonds is 6. The molecule has 0 saturated heterocycles. The van der Waals surface area contributed by atoms with Gasteiger partial charge in [-0.15, -0.1) is 0 Å². The number of hydrogen-bond donors (Lipinski definition) is 1. The van der Waals surface area contributed by atoms with Crippen LogP contribution in [0.25, 0.3) is 0 Å². The molecule has 14 heavy (non-hydrogen) atoms. The molecule has 0 aromatic heterocycles. The Morgan fingerprint density at radius 1 is 1.21 bits per heavy atom. The van der Waals surface area contributed by atoms with Crippen molar-refractivity contribution in [2.45, 2.75) is 46.1 Å². The second kappa shape index (κ2) is 6.40. The number of carbonyl (C=O) groups excluding carboxylic acids is 1. The number of hydrogen-bond acceptors (Lipinski definition) is 3. The number of carboxylic acids is 1. The van der Waals surface area contributed by atoms with Gasteiger partial charge in [-0.25, -0.2) is 0 Å². The highest BCUT2D eigenvalue weighted by Gasteiger charge is 2.12. The van der Waals surface area contributed by atoms with Gasteiger partial charge in [0.15, 0.2) is 0 Å². The van der Waals surface area contributed by atoms with Gasteiger partial charge in [0, 0.05) is 0 Å². The van der Waals surface area contributed by atoms with E-state index in [2.05, 4.69) is 0 Å². The molecule has 4 heteroatoms. The Labute approximate surface area is 84.3 Å². The molecular formula is C10H18O4. The third-order valence-corrected chi connectivity index (χ3v) is 1.68. The molecule has 0 aliphatic carbocycles. The van der Waals surface area contributed by atoms with E-state index in [9.17, 15) is 9.59 Å². The van der Waals surface area contributed by atoms with E-state index in [1.165, 1.54) is 0 Å². The predicted molar refractivity (Wildman–Crippen MR) is 51.9 cm³/mol. The Hall–Kier alpha value is -1.06. The normalized spacial score (nSPS) is 12.6. The smallest absolute Gasteiger partial charge is 0.306 e. The van der Waals surface area contributed by atoms with Gasteiger partial charge < -0.3 is 9.84 Å². The Balaban J connectivity index is 3.65. The molecule has 4 nitrogen and oxygen atoms in total. The van der Waals surface area contributed by atoms with Crippen LogP contribution in [-0.2, 0) is 14.3 Å². The summed E-state index contributed by atoms with van der Waals surface area (Å²) in [6.45, 7) is 5.90. The van der Waals surface area contributed by atoms with Crippen LogP contribution in [0.1, 0.15) is 40.0 Å². The topological polar surface area (TPSA) is 63.6 Å². The van der Waals surface area contributed by atoms with Crippen LogP contribution in [0.2, 0.25) is 0 Å². The lowest BCUT2D eigenvalue weighted by Gasteiger charge is -2.14. The summed E-state index contributed by atoms with van der Waals surface area (Å²) in [7, 11) is 0. The van der Waals surface area contributed by atoms with Crippen LogP contribution in [-0.4, -0.2) is 23.1 Å². The average Bonchev–Trinajstić information content (AvgIpc) is 1.98. The number of carbonyl (C=O) groups is 2. The van der Waals surface area contributed by atoms with Gasteiger partial charge in [0.05, 0.1) is 18.9 Å². The minimum absolute atomic E-state index is 0.0439. The summed E-state index contributed by atoms with van der Waals surface area (Å²) in [5.41, 5.74) is 0. The molecule has 0 rings (SSSR count). The average molecular weight is 202 g/mol. The first kappa shape index (κ1) is 12.9. The molecule has 0 aromatic rings. The van der Waals surface area contributed by atoms with E-state index in [-0.39, 0.29) is 18.9 Å². The molecule has 1 unspecified atom stereocenters. The Morgan fingerprint density at radius 2 is 1.79 bits per heavy atom. The Bertz CT molecular complexity index is 198. The van der Waals surface area contributed by atoms with Gasteiger partial charge in [-0.05, 0) is 19.3 Å². The van der Waals surface area contributed by atoms with E-state index in [0.717, 1.165) is 6.42 Å². The Morgan fingerprint density at radius 3 is 2.21 bits per heavy atom. The maximum atomic E-state index is 11.1. The lowest BCUT2D eigenvalue weighted by Crippen LogP contribution is -2.17. The molecule has 1 atom stereocenters. The summed E-state index contributed by atoms with van der Waals surface area (Å²) in [4.78, 5) is 21.2. The molecule has 0 fully saturated rings. The highest BCUT2D eigenvalue weighted by atomic mass is 16.5. The van der Waals surface area contributed by atoms with Gasteiger partial charge >= 0.3 is 11.9 Å². The van der Waals surface area contributed by atoms with Crippen molar-refractivity contribution in [3.05, 3.63) is 0 Å². The first-order valence-electron chi connectivity index (χ1n) is 4.83. The van der Waals surface area contributed by atoms with Crippen molar-refractivity contribution < 1.29 is 19.4 Å². The molecule has 0 bridgehead atoms. The van der Waals surface area contributed by atoms with E-state index in [4.69, 9.17) is 9.84 Å². The molecule has 0 aliphatic rings. The maximum absolute atomic E-state index is 11.1. The fourth-order valence-corrected chi connectivity index (χ4v) is 1.20. The zero-order chi connectivity index (χ0) is 11.1. The van der Waals surface area contributed by atoms with E-state index in [0.29, 0.717) is 5.92 Å². The van der Waals surface area contributed by atoms with Gasteiger partial charge in [-0.1, -0.05) is 13.8 Å². The summed E-state index contributed by atoms with van der Waals surface area (Å²) in [6.07, 6.45) is 0.473. The number of ether oxygens (including phenoxy) is 1. The maximum Gasteiger partial charge on any atom is 0.306 e. The third kappa shape index (κ3) is 7.58. The minimum Gasteiger partial charge on any atom is -0.481 e. The molecule has 0 saturated carbocycles. The lowest BCUT2D eigenvalue weighted by molar-refractivity contribution is -0.151. The fraction of sp³-hybridized carbons (Fsp3) is 0.800. The van der Waals surface area contributed by atoms with Crippen LogP contribution in [0.3, 0.4) is 0 Å². The summed E-state index contributed by atoms with van der Waals surface area (Å²) in [5.74, 6) is -0.934. The van der Waals surface area contributed by atoms with Gasteiger partial charge in [0.1, 0.15) is 0 Å². The van der Waals surface area contributed by atoms with E-state index in [1.54, 1.807) is 0 Å². The quantitative estimate of drug-likeness (QED) is 0.667. The zero-order valence-corrected chi connectivity index (χ0v) is 8.95. The van der Waals surface area contributed by atoms with Gasteiger partial charge in [0.25, 0.3) is 0 Å². The van der Waals surface area contributed by atoms with Gasteiger partial charge in [0.2, 0.25) is 0 Å². The molecule has 0 aromatic carbocycles. The highest BCUT2D eigenvalue weighted by molar-refractivity contribution is 5.76. The summed E-state index contributed by atoms with van der Waals surface area (Å²) >= 11 is 0. The standard InChI is InChI=1S/C10H18O4/c1-7(2)6-8(3)14-10(13)5-4-9(11)12/h7-8H,4-6H2,1-3H3,(H,11,12). The first-order valence-corrected chi connectivity index (χ1v) is 4.83. The highest BCUT2D eigenvalue weighted by Crippen LogP contribution is 2.08. The lowest BCUT2D eigenvalue weighted by atomic mass is 10.1. The van der Waals surface area contributed by atoms with Gasteiger partial charge in [-0.2, -0.15) is 0 Å². The van der Waals surface area contributed by atoms with Crippen molar-refractivity contribution in [2.24, 2.45) is 5.92 Å². The number of carboxylic acid groups (broad SMARTS) is 1. The van der Waals surface area contributed by atoms with Crippen molar-refractivity contribution in [3.8, 4) is 0 Å². The summed E-state index contributed by atoms with van der Waals surface area (Å²) < 4.78 is 5.01. The molecule has 82 valence electrons. The van der Waals surface area contributed by atoms with Crippen molar-refractivity contribution in [1.29, 1.82) is 0 Å². The van der Waals surface area contributed by atoms with Crippen LogP contribution >= 0.6 is 0 Å². The van der Waals surface area contributed by atoms with E-state index in [1.807, 2.05) is 20.8 Å². The second-order valence-corrected chi connectivity index (χ2v) is 3.82. The van der Waals surface area contributed by atoms with Crippen LogP contribution in [0.15, 0.2) is 0 Å². The van der Waals surface area contributed by atoms with Crippen molar-refractivity contribution in [3.63, 3.8) is 0 Å². The summed E-state index contributed by atoms with van der Waals surface area (Å²) in [5, 5.41) is 8.33. The van der Waals surface area contributed by atoms with E-state index >= 15 is 0 Å². The molecule has 0 radical (unpaired) electrons. The molecule has 1 N–H and O–H groups in total. The fourth-order valence-electron chi connectivity index (χ4n) is 1.20. The largest absolute Gasteiger partial charge is 0.481 e. The summed E-state index contributed by atoms with van der Waals surface area (Å²) in [6, 6.07) is 0. The van der Waals surface area contributed by atoms with Gasteiger partial charge in [-0.3, -0.25) is 9.59 Å². The molecule has 0 amide bonds. The SMILES string of the molecule is CC(C)CC(C)OC(=O)CCC(=O)O.